The SMILES string of the molecule is Cc1nc(-c2ccccc2)ccc1C(=O)N1CCCCC1C(C)N.Cl.Cl. The van der Waals surface area contributed by atoms with Gasteiger partial charge in [0.2, 0.25) is 0 Å². The molecule has 1 saturated heterocycles. The molecule has 0 spiro atoms. The third-order valence-corrected chi connectivity index (χ3v) is 4.80. The lowest BCUT2D eigenvalue weighted by atomic mass is 9.95. The Labute approximate surface area is 168 Å². The number of benzene rings is 1. The Hall–Kier alpha value is -1.62. The van der Waals surface area contributed by atoms with Crippen LogP contribution in [0.2, 0.25) is 0 Å². The topological polar surface area (TPSA) is 59.2 Å². The third kappa shape index (κ3) is 4.76. The average molecular weight is 396 g/mol. The van der Waals surface area contributed by atoms with Crippen LogP contribution in [-0.2, 0) is 0 Å². The van der Waals surface area contributed by atoms with Crippen molar-refractivity contribution in [2.45, 2.75) is 45.2 Å². The summed E-state index contributed by atoms with van der Waals surface area (Å²) in [5, 5.41) is 0. The number of aromatic nitrogens is 1. The maximum Gasteiger partial charge on any atom is 0.255 e. The van der Waals surface area contributed by atoms with Crippen LogP contribution in [0.4, 0.5) is 0 Å². The second kappa shape index (κ2) is 9.91. The Morgan fingerprint density at radius 1 is 1.15 bits per heavy atom. The summed E-state index contributed by atoms with van der Waals surface area (Å²) < 4.78 is 0. The molecule has 1 fully saturated rings. The molecule has 0 saturated carbocycles. The van der Waals surface area contributed by atoms with Gasteiger partial charge in [-0.2, -0.15) is 0 Å². The largest absolute Gasteiger partial charge is 0.334 e. The van der Waals surface area contributed by atoms with Crippen LogP contribution < -0.4 is 5.73 Å². The zero-order valence-electron chi connectivity index (χ0n) is 15.2. The van der Waals surface area contributed by atoms with Gasteiger partial charge in [0.25, 0.3) is 5.91 Å². The molecule has 3 rings (SSSR count). The zero-order valence-corrected chi connectivity index (χ0v) is 16.9. The van der Waals surface area contributed by atoms with Crippen molar-refractivity contribution in [3.63, 3.8) is 0 Å². The fraction of sp³-hybridized carbons (Fsp3) is 0.400. The summed E-state index contributed by atoms with van der Waals surface area (Å²) in [6.07, 6.45) is 3.17. The fourth-order valence-corrected chi connectivity index (χ4v) is 3.47. The van der Waals surface area contributed by atoms with Crippen LogP contribution in [0.25, 0.3) is 11.3 Å². The molecular weight excluding hydrogens is 369 g/mol. The minimum Gasteiger partial charge on any atom is -0.334 e. The van der Waals surface area contributed by atoms with Gasteiger partial charge in [-0.15, -0.1) is 24.8 Å². The second-order valence-electron chi connectivity index (χ2n) is 6.62. The van der Waals surface area contributed by atoms with Crippen molar-refractivity contribution in [1.82, 2.24) is 9.88 Å². The van der Waals surface area contributed by atoms with Crippen molar-refractivity contribution in [2.75, 3.05) is 6.54 Å². The number of carbonyl (C=O) groups is 1. The molecule has 142 valence electrons. The van der Waals surface area contributed by atoms with Crippen molar-refractivity contribution >= 4 is 30.7 Å². The van der Waals surface area contributed by atoms with E-state index >= 15 is 0 Å². The van der Waals surface area contributed by atoms with Gasteiger partial charge < -0.3 is 10.6 Å². The van der Waals surface area contributed by atoms with Crippen LogP contribution in [0.3, 0.4) is 0 Å². The maximum atomic E-state index is 13.0. The van der Waals surface area contributed by atoms with Gasteiger partial charge in [0.05, 0.1) is 17.0 Å². The first-order chi connectivity index (χ1) is 11.6. The number of likely N-dealkylation sites (tertiary alicyclic amines) is 1. The number of hydrogen-bond acceptors (Lipinski definition) is 3. The second-order valence-corrected chi connectivity index (χ2v) is 6.62. The fourth-order valence-electron chi connectivity index (χ4n) is 3.47. The highest BCUT2D eigenvalue weighted by Gasteiger charge is 2.30. The number of piperidine rings is 1. The Morgan fingerprint density at radius 2 is 1.85 bits per heavy atom. The van der Waals surface area contributed by atoms with Crippen LogP contribution in [0.5, 0.6) is 0 Å². The first-order valence-corrected chi connectivity index (χ1v) is 8.67. The first kappa shape index (κ1) is 22.4. The zero-order chi connectivity index (χ0) is 17.1. The summed E-state index contributed by atoms with van der Waals surface area (Å²) in [6.45, 7) is 4.68. The predicted molar refractivity (Wildman–Crippen MR) is 111 cm³/mol. The molecule has 2 unspecified atom stereocenters. The van der Waals surface area contributed by atoms with E-state index in [0.29, 0.717) is 5.56 Å². The van der Waals surface area contributed by atoms with Crippen molar-refractivity contribution in [1.29, 1.82) is 0 Å². The van der Waals surface area contributed by atoms with Gasteiger partial charge in [-0.1, -0.05) is 30.3 Å². The van der Waals surface area contributed by atoms with Crippen molar-refractivity contribution < 1.29 is 4.79 Å². The summed E-state index contributed by atoms with van der Waals surface area (Å²) in [5.74, 6) is 0.0570. The smallest absolute Gasteiger partial charge is 0.255 e. The lowest BCUT2D eigenvalue weighted by Gasteiger charge is -2.38. The molecule has 2 aromatic rings. The molecule has 0 aliphatic carbocycles. The van der Waals surface area contributed by atoms with E-state index < -0.39 is 0 Å². The Kier molecular flexibility index (Phi) is 8.54. The standard InChI is InChI=1S/C20H25N3O.2ClH/c1-14(21)19-10-6-7-13-23(19)20(24)17-11-12-18(22-15(17)2)16-8-4-3-5-9-16;;/h3-5,8-9,11-12,14,19H,6-7,10,13,21H2,1-2H3;2*1H. The van der Waals surface area contributed by atoms with E-state index in [2.05, 4.69) is 4.98 Å². The highest BCUT2D eigenvalue weighted by Crippen LogP contribution is 2.24. The summed E-state index contributed by atoms with van der Waals surface area (Å²) >= 11 is 0. The Bertz CT molecular complexity index is 722. The van der Waals surface area contributed by atoms with Gasteiger partial charge in [-0.25, -0.2) is 0 Å². The molecule has 0 radical (unpaired) electrons. The Morgan fingerprint density at radius 3 is 2.46 bits per heavy atom. The number of pyridine rings is 1. The van der Waals surface area contributed by atoms with E-state index in [1.54, 1.807) is 0 Å². The van der Waals surface area contributed by atoms with E-state index in [9.17, 15) is 4.79 Å². The van der Waals surface area contributed by atoms with E-state index in [1.165, 1.54) is 0 Å². The monoisotopic (exact) mass is 395 g/mol. The summed E-state index contributed by atoms with van der Waals surface area (Å²) in [6, 6.07) is 14.0. The molecule has 2 N–H and O–H groups in total. The predicted octanol–water partition coefficient (Wildman–Crippen LogP) is 4.24. The molecule has 4 nitrogen and oxygen atoms in total. The number of carbonyl (C=O) groups excluding carboxylic acids is 1. The van der Waals surface area contributed by atoms with Gasteiger partial charge in [0.1, 0.15) is 0 Å². The average Bonchev–Trinajstić information content (AvgIpc) is 2.62. The van der Waals surface area contributed by atoms with E-state index in [1.807, 2.05) is 61.2 Å². The molecule has 1 aromatic carbocycles. The van der Waals surface area contributed by atoms with Crippen LogP contribution in [0, 0.1) is 6.92 Å². The molecule has 1 aliphatic rings. The third-order valence-electron chi connectivity index (χ3n) is 4.80. The minimum absolute atomic E-state index is 0. The maximum absolute atomic E-state index is 13.0. The van der Waals surface area contributed by atoms with E-state index in [0.717, 1.165) is 42.8 Å². The Balaban J connectivity index is 0.00000169. The number of nitrogens with two attached hydrogens (primary N) is 1. The molecule has 1 amide bonds. The molecule has 26 heavy (non-hydrogen) atoms. The van der Waals surface area contributed by atoms with Crippen LogP contribution in [-0.4, -0.2) is 34.4 Å². The number of nitrogens with zero attached hydrogens (tertiary/aromatic N) is 2. The lowest BCUT2D eigenvalue weighted by molar-refractivity contribution is 0.0582. The minimum atomic E-state index is -0.00823. The van der Waals surface area contributed by atoms with Gasteiger partial charge in [0.15, 0.2) is 0 Å². The van der Waals surface area contributed by atoms with E-state index in [-0.39, 0.29) is 42.8 Å². The normalized spacial score (nSPS) is 17.7. The van der Waals surface area contributed by atoms with Gasteiger partial charge in [0, 0.05) is 24.2 Å². The molecule has 2 atom stereocenters. The van der Waals surface area contributed by atoms with Gasteiger partial charge >= 0.3 is 0 Å². The van der Waals surface area contributed by atoms with Crippen molar-refractivity contribution in [2.24, 2.45) is 5.73 Å². The molecule has 1 aliphatic heterocycles. The molecule has 0 bridgehead atoms. The molecule has 1 aromatic heterocycles. The number of hydrogen-bond donors (Lipinski definition) is 1. The molecule has 6 heteroatoms. The van der Waals surface area contributed by atoms with Gasteiger partial charge in [-0.3, -0.25) is 9.78 Å². The van der Waals surface area contributed by atoms with Crippen LogP contribution in [0.15, 0.2) is 42.5 Å². The highest BCUT2D eigenvalue weighted by atomic mass is 35.5. The van der Waals surface area contributed by atoms with Crippen molar-refractivity contribution in [3.05, 3.63) is 53.7 Å². The number of halogens is 2. The summed E-state index contributed by atoms with van der Waals surface area (Å²) in [7, 11) is 0. The number of rotatable bonds is 3. The first-order valence-electron chi connectivity index (χ1n) is 8.67. The number of amides is 1. The quantitative estimate of drug-likeness (QED) is 0.844. The molecular formula is C20H27Cl2N3O. The van der Waals surface area contributed by atoms with E-state index in [4.69, 9.17) is 5.73 Å². The summed E-state index contributed by atoms with van der Waals surface area (Å²) in [4.78, 5) is 19.6. The number of aryl methyl sites for hydroxylation is 1. The van der Waals surface area contributed by atoms with Crippen molar-refractivity contribution in [3.8, 4) is 11.3 Å². The van der Waals surface area contributed by atoms with Gasteiger partial charge in [-0.05, 0) is 45.2 Å². The lowest BCUT2D eigenvalue weighted by Crippen LogP contribution is -2.51. The van der Waals surface area contributed by atoms with Crippen LogP contribution >= 0.6 is 24.8 Å². The van der Waals surface area contributed by atoms with Crippen LogP contribution in [0.1, 0.15) is 42.2 Å². The highest BCUT2D eigenvalue weighted by molar-refractivity contribution is 5.96. The summed E-state index contributed by atoms with van der Waals surface area (Å²) in [5.41, 5.74) is 9.51. The molecule has 2 heterocycles.